The lowest BCUT2D eigenvalue weighted by molar-refractivity contribution is -0.127. The number of fused-ring (bicyclic) bond motifs is 1. The van der Waals surface area contributed by atoms with E-state index in [9.17, 15) is 14.4 Å². The third kappa shape index (κ3) is 4.01. The highest BCUT2D eigenvalue weighted by atomic mass is 32.2. The van der Waals surface area contributed by atoms with Crippen LogP contribution in [-0.2, 0) is 9.59 Å². The molecule has 30 heavy (non-hydrogen) atoms. The van der Waals surface area contributed by atoms with Crippen LogP contribution in [-0.4, -0.2) is 45.6 Å². The average molecular weight is 420 g/mol. The summed E-state index contributed by atoms with van der Waals surface area (Å²) >= 11 is 0.791. The van der Waals surface area contributed by atoms with Gasteiger partial charge in [0.2, 0.25) is 5.91 Å². The highest BCUT2D eigenvalue weighted by molar-refractivity contribution is 8.18. The average Bonchev–Trinajstić information content (AvgIpc) is 3.01. The van der Waals surface area contributed by atoms with Crippen LogP contribution in [0.2, 0.25) is 0 Å². The molecule has 9 heteroatoms. The molecule has 0 spiro atoms. The first-order valence-corrected chi connectivity index (χ1v) is 9.76. The number of para-hydroxylation sites is 1. The number of amides is 3. The minimum Gasteiger partial charge on any atom is -0.496 e. The number of carbonyl (C=O) groups excluding carboxylic acids is 3. The quantitative estimate of drug-likeness (QED) is 0.632. The number of nitrogens with one attached hydrogen (secondary N) is 1. The Morgan fingerprint density at radius 3 is 2.70 bits per heavy atom. The number of imide groups is 1. The predicted molar refractivity (Wildman–Crippen MR) is 114 cm³/mol. The number of hydrogen-bond donors (Lipinski definition) is 1. The molecule has 1 aromatic heterocycles. The van der Waals surface area contributed by atoms with Crippen molar-refractivity contribution in [2.75, 3.05) is 19.0 Å². The van der Waals surface area contributed by atoms with Crippen LogP contribution in [0.25, 0.3) is 17.1 Å². The fourth-order valence-corrected chi connectivity index (χ4v) is 3.78. The van der Waals surface area contributed by atoms with E-state index < -0.39 is 17.1 Å². The second kappa shape index (κ2) is 8.34. The SMILES string of the molecule is COc1ccccc1C=C1SC(=O)N(CC(=O)Nc2ccc3nccnc3c2)C1=O. The highest BCUT2D eigenvalue weighted by Gasteiger charge is 2.36. The molecule has 8 nitrogen and oxygen atoms in total. The predicted octanol–water partition coefficient (Wildman–Crippen LogP) is 3.31. The highest BCUT2D eigenvalue weighted by Crippen LogP contribution is 2.33. The molecule has 0 bridgehead atoms. The van der Waals surface area contributed by atoms with Crippen LogP contribution in [0.3, 0.4) is 0 Å². The van der Waals surface area contributed by atoms with Gasteiger partial charge in [-0.3, -0.25) is 29.3 Å². The third-order valence-electron chi connectivity index (χ3n) is 4.35. The van der Waals surface area contributed by atoms with Gasteiger partial charge >= 0.3 is 0 Å². The summed E-state index contributed by atoms with van der Waals surface area (Å²) in [5.41, 5.74) is 2.50. The Hall–Kier alpha value is -3.72. The summed E-state index contributed by atoms with van der Waals surface area (Å²) in [6.07, 6.45) is 4.73. The fourth-order valence-electron chi connectivity index (χ4n) is 2.95. The van der Waals surface area contributed by atoms with Crippen LogP contribution in [0.1, 0.15) is 5.56 Å². The third-order valence-corrected chi connectivity index (χ3v) is 5.26. The van der Waals surface area contributed by atoms with E-state index in [4.69, 9.17) is 4.74 Å². The largest absolute Gasteiger partial charge is 0.496 e. The Morgan fingerprint density at radius 2 is 1.90 bits per heavy atom. The van der Waals surface area contributed by atoms with Crippen molar-refractivity contribution in [2.45, 2.75) is 0 Å². The lowest BCUT2D eigenvalue weighted by Crippen LogP contribution is -2.36. The van der Waals surface area contributed by atoms with Crippen molar-refractivity contribution >= 4 is 51.6 Å². The van der Waals surface area contributed by atoms with Crippen LogP contribution >= 0.6 is 11.8 Å². The van der Waals surface area contributed by atoms with Gasteiger partial charge in [-0.15, -0.1) is 0 Å². The number of thioether (sulfide) groups is 1. The molecule has 1 fully saturated rings. The first-order chi connectivity index (χ1) is 14.5. The number of rotatable bonds is 5. The Kier molecular flexibility index (Phi) is 5.44. The van der Waals surface area contributed by atoms with Crippen LogP contribution in [0.15, 0.2) is 59.8 Å². The second-order valence-electron chi connectivity index (χ2n) is 6.32. The summed E-state index contributed by atoms with van der Waals surface area (Å²) < 4.78 is 5.27. The summed E-state index contributed by atoms with van der Waals surface area (Å²) in [6, 6.07) is 12.2. The lowest BCUT2D eigenvalue weighted by atomic mass is 10.2. The van der Waals surface area contributed by atoms with Gasteiger partial charge in [-0.1, -0.05) is 18.2 Å². The zero-order chi connectivity index (χ0) is 21.1. The van der Waals surface area contributed by atoms with Crippen molar-refractivity contribution in [2.24, 2.45) is 0 Å². The van der Waals surface area contributed by atoms with E-state index in [1.807, 2.05) is 6.07 Å². The van der Waals surface area contributed by atoms with Gasteiger partial charge in [-0.05, 0) is 42.1 Å². The molecule has 2 heterocycles. The van der Waals surface area contributed by atoms with Crippen LogP contribution in [0, 0.1) is 0 Å². The van der Waals surface area contributed by atoms with Gasteiger partial charge in [0.15, 0.2) is 0 Å². The maximum atomic E-state index is 12.7. The number of methoxy groups -OCH3 is 1. The van der Waals surface area contributed by atoms with Crippen molar-refractivity contribution in [3.05, 3.63) is 65.3 Å². The first-order valence-electron chi connectivity index (χ1n) is 8.94. The van der Waals surface area contributed by atoms with Crippen molar-refractivity contribution in [1.82, 2.24) is 14.9 Å². The van der Waals surface area contributed by atoms with E-state index in [2.05, 4.69) is 15.3 Å². The van der Waals surface area contributed by atoms with E-state index in [0.717, 1.165) is 16.7 Å². The number of benzene rings is 2. The molecule has 0 atom stereocenters. The summed E-state index contributed by atoms with van der Waals surface area (Å²) in [6.45, 7) is -0.383. The molecule has 1 N–H and O–H groups in total. The van der Waals surface area contributed by atoms with Gasteiger partial charge in [0.1, 0.15) is 12.3 Å². The van der Waals surface area contributed by atoms with E-state index in [1.165, 1.54) is 7.11 Å². The Balaban J connectivity index is 1.47. The van der Waals surface area contributed by atoms with Crippen LogP contribution in [0.4, 0.5) is 10.5 Å². The van der Waals surface area contributed by atoms with Crippen molar-refractivity contribution in [1.29, 1.82) is 0 Å². The van der Waals surface area contributed by atoms with Gasteiger partial charge in [0.25, 0.3) is 11.1 Å². The number of hydrogen-bond acceptors (Lipinski definition) is 7. The molecular weight excluding hydrogens is 404 g/mol. The molecule has 2 aromatic carbocycles. The summed E-state index contributed by atoms with van der Waals surface area (Å²) in [5, 5.41) is 2.18. The summed E-state index contributed by atoms with van der Waals surface area (Å²) in [7, 11) is 1.53. The molecular formula is C21H16N4O4S. The molecule has 3 aromatic rings. The molecule has 0 unspecified atom stereocenters. The van der Waals surface area contributed by atoms with Gasteiger partial charge in [0, 0.05) is 23.6 Å². The minimum atomic E-state index is -0.518. The number of aromatic nitrogens is 2. The fraction of sp³-hybridized carbons (Fsp3) is 0.0952. The monoisotopic (exact) mass is 420 g/mol. The zero-order valence-corrected chi connectivity index (χ0v) is 16.7. The number of carbonyl (C=O) groups is 3. The van der Waals surface area contributed by atoms with E-state index >= 15 is 0 Å². The van der Waals surface area contributed by atoms with Gasteiger partial charge in [-0.25, -0.2) is 0 Å². The molecule has 0 radical (unpaired) electrons. The number of anilines is 1. The normalized spacial score (nSPS) is 15.1. The second-order valence-corrected chi connectivity index (χ2v) is 7.31. The molecule has 4 rings (SSSR count). The van der Waals surface area contributed by atoms with Gasteiger partial charge < -0.3 is 10.1 Å². The number of ether oxygens (including phenoxy) is 1. The van der Waals surface area contributed by atoms with Crippen molar-refractivity contribution in [3.8, 4) is 5.75 Å². The molecule has 0 saturated carbocycles. The lowest BCUT2D eigenvalue weighted by Gasteiger charge is -2.12. The Morgan fingerprint density at radius 1 is 1.13 bits per heavy atom. The van der Waals surface area contributed by atoms with E-state index in [0.29, 0.717) is 28.0 Å². The Bertz CT molecular complexity index is 1190. The topological polar surface area (TPSA) is 101 Å². The van der Waals surface area contributed by atoms with E-state index in [1.54, 1.807) is 54.9 Å². The summed E-state index contributed by atoms with van der Waals surface area (Å²) in [5.74, 6) is -0.420. The molecule has 0 aliphatic carbocycles. The van der Waals surface area contributed by atoms with E-state index in [-0.39, 0.29) is 11.4 Å². The molecule has 1 aliphatic heterocycles. The molecule has 1 aliphatic rings. The Labute approximate surface area is 175 Å². The zero-order valence-electron chi connectivity index (χ0n) is 15.9. The van der Waals surface area contributed by atoms with Gasteiger partial charge in [-0.2, -0.15) is 0 Å². The van der Waals surface area contributed by atoms with Gasteiger partial charge in [0.05, 0.1) is 23.0 Å². The first kappa shape index (κ1) is 19.6. The number of nitrogens with zero attached hydrogens (tertiary/aromatic N) is 3. The van der Waals surface area contributed by atoms with Crippen LogP contribution in [0.5, 0.6) is 5.75 Å². The molecule has 1 saturated heterocycles. The van der Waals surface area contributed by atoms with Crippen molar-refractivity contribution < 1.29 is 19.1 Å². The maximum Gasteiger partial charge on any atom is 0.294 e. The molecule has 150 valence electrons. The van der Waals surface area contributed by atoms with Crippen molar-refractivity contribution in [3.63, 3.8) is 0 Å². The smallest absolute Gasteiger partial charge is 0.294 e. The minimum absolute atomic E-state index is 0.235. The summed E-state index contributed by atoms with van der Waals surface area (Å²) in [4.78, 5) is 46.9. The standard InChI is InChI=1S/C21H16N4O4S/c1-29-17-5-3-2-4-13(17)10-18-20(27)25(21(28)30-18)12-19(26)24-14-6-7-15-16(11-14)23-9-8-22-15/h2-11H,12H2,1H3,(H,24,26). The van der Waals surface area contributed by atoms with Crippen LogP contribution < -0.4 is 10.1 Å². The maximum absolute atomic E-state index is 12.7. The molecule has 3 amide bonds.